The number of carbonyl (C=O) groups is 2. The summed E-state index contributed by atoms with van der Waals surface area (Å²) in [5, 5.41) is 3.37. The lowest BCUT2D eigenvalue weighted by atomic mass is 10.1. The minimum absolute atomic E-state index is 0.156. The molecule has 0 unspecified atom stereocenters. The number of hydrogen-bond acceptors (Lipinski definition) is 5. The summed E-state index contributed by atoms with van der Waals surface area (Å²) in [4.78, 5) is 30.9. The van der Waals surface area contributed by atoms with Crippen molar-refractivity contribution in [2.24, 2.45) is 0 Å². The fourth-order valence-corrected chi connectivity index (χ4v) is 3.35. The summed E-state index contributed by atoms with van der Waals surface area (Å²) >= 11 is 1.63. The van der Waals surface area contributed by atoms with E-state index in [0.29, 0.717) is 5.56 Å². The number of nitrogens with one attached hydrogen (secondary N) is 1. The summed E-state index contributed by atoms with van der Waals surface area (Å²) in [6.45, 7) is 3.89. The van der Waals surface area contributed by atoms with Gasteiger partial charge in [-0.05, 0) is 38.1 Å². The molecular formula is C19H18N2O3S. The van der Waals surface area contributed by atoms with Crippen molar-refractivity contribution in [2.45, 2.75) is 13.8 Å². The Kier molecular flexibility index (Phi) is 5.09. The van der Waals surface area contributed by atoms with E-state index in [1.807, 2.05) is 43.3 Å². The van der Waals surface area contributed by atoms with Gasteiger partial charge in [0, 0.05) is 10.3 Å². The van der Waals surface area contributed by atoms with E-state index in [9.17, 15) is 9.59 Å². The third-order valence-electron chi connectivity index (χ3n) is 3.65. The van der Waals surface area contributed by atoms with Gasteiger partial charge in [-0.1, -0.05) is 18.2 Å². The van der Waals surface area contributed by atoms with Crippen LogP contribution in [-0.2, 0) is 9.53 Å². The summed E-state index contributed by atoms with van der Waals surface area (Å²) in [7, 11) is 0. The van der Waals surface area contributed by atoms with Crippen LogP contribution in [-0.4, -0.2) is 30.0 Å². The van der Waals surface area contributed by atoms with Gasteiger partial charge in [0.25, 0.3) is 5.91 Å². The van der Waals surface area contributed by atoms with Crippen LogP contribution in [0.1, 0.15) is 22.2 Å². The Morgan fingerprint density at radius 3 is 2.72 bits per heavy atom. The zero-order chi connectivity index (χ0) is 17.8. The standard InChI is InChI=1S/C19H18N2O3S/c1-3-24-18(22)11-20-19(23)14-10-16(17-9-8-12(2)25-17)21-15-7-5-4-6-13(14)15/h4-10H,3,11H2,1-2H3,(H,20,23). The molecule has 6 heteroatoms. The lowest BCUT2D eigenvalue weighted by Gasteiger charge is -2.09. The summed E-state index contributed by atoms with van der Waals surface area (Å²) in [6.07, 6.45) is 0. The maximum absolute atomic E-state index is 12.6. The van der Waals surface area contributed by atoms with Gasteiger partial charge in [-0.3, -0.25) is 9.59 Å². The molecule has 3 rings (SSSR count). The molecule has 0 atom stereocenters. The van der Waals surface area contributed by atoms with E-state index in [4.69, 9.17) is 4.74 Å². The fraction of sp³-hybridized carbons (Fsp3) is 0.211. The Labute approximate surface area is 149 Å². The first-order chi connectivity index (χ1) is 12.1. The van der Waals surface area contributed by atoms with Crippen molar-refractivity contribution in [3.8, 4) is 10.6 Å². The van der Waals surface area contributed by atoms with Gasteiger partial charge in [0.05, 0.1) is 28.3 Å². The average Bonchev–Trinajstić information content (AvgIpc) is 3.05. The van der Waals surface area contributed by atoms with Gasteiger partial charge in [-0.25, -0.2) is 4.98 Å². The molecule has 0 fully saturated rings. The SMILES string of the molecule is CCOC(=O)CNC(=O)c1cc(-c2ccc(C)s2)nc2ccccc12. The maximum atomic E-state index is 12.6. The molecule has 25 heavy (non-hydrogen) atoms. The van der Waals surface area contributed by atoms with E-state index in [2.05, 4.69) is 10.3 Å². The smallest absolute Gasteiger partial charge is 0.325 e. The average molecular weight is 354 g/mol. The van der Waals surface area contributed by atoms with Crippen molar-refractivity contribution in [3.63, 3.8) is 0 Å². The number of esters is 1. The van der Waals surface area contributed by atoms with Crippen LogP contribution in [0.5, 0.6) is 0 Å². The summed E-state index contributed by atoms with van der Waals surface area (Å²) in [5.74, 6) is -0.774. The van der Waals surface area contributed by atoms with Crippen molar-refractivity contribution in [1.82, 2.24) is 10.3 Å². The Morgan fingerprint density at radius 2 is 2.00 bits per heavy atom. The Bertz CT molecular complexity index is 933. The van der Waals surface area contributed by atoms with Crippen LogP contribution in [0.3, 0.4) is 0 Å². The molecule has 128 valence electrons. The number of benzene rings is 1. The Hall–Kier alpha value is -2.73. The molecule has 1 amide bonds. The van der Waals surface area contributed by atoms with Gasteiger partial charge in [0.15, 0.2) is 0 Å². The molecule has 5 nitrogen and oxygen atoms in total. The van der Waals surface area contributed by atoms with Crippen molar-refractivity contribution < 1.29 is 14.3 Å². The highest BCUT2D eigenvalue weighted by atomic mass is 32.1. The molecule has 0 saturated carbocycles. The van der Waals surface area contributed by atoms with E-state index < -0.39 is 5.97 Å². The van der Waals surface area contributed by atoms with Crippen LogP contribution < -0.4 is 5.32 Å². The lowest BCUT2D eigenvalue weighted by molar-refractivity contribution is -0.141. The van der Waals surface area contributed by atoms with Gasteiger partial charge in [-0.2, -0.15) is 0 Å². The van der Waals surface area contributed by atoms with Crippen LogP contribution in [0, 0.1) is 6.92 Å². The van der Waals surface area contributed by atoms with E-state index in [1.165, 1.54) is 4.88 Å². The second kappa shape index (κ2) is 7.44. The minimum Gasteiger partial charge on any atom is -0.465 e. The van der Waals surface area contributed by atoms with Crippen LogP contribution >= 0.6 is 11.3 Å². The first kappa shape index (κ1) is 17.1. The molecule has 1 N–H and O–H groups in total. The van der Waals surface area contributed by atoms with Gasteiger partial charge in [0.2, 0.25) is 0 Å². The molecule has 2 heterocycles. The summed E-state index contributed by atoms with van der Waals surface area (Å²) in [5.41, 5.74) is 1.99. The first-order valence-corrected chi connectivity index (χ1v) is 8.80. The summed E-state index contributed by atoms with van der Waals surface area (Å²) < 4.78 is 4.85. The molecule has 0 aliphatic carbocycles. The monoisotopic (exact) mass is 354 g/mol. The highest BCUT2D eigenvalue weighted by molar-refractivity contribution is 7.15. The van der Waals surface area contributed by atoms with Gasteiger partial charge < -0.3 is 10.1 Å². The van der Waals surface area contributed by atoms with Crippen LogP contribution in [0.2, 0.25) is 0 Å². The molecule has 0 bridgehead atoms. The molecule has 1 aromatic carbocycles. The number of para-hydroxylation sites is 1. The largest absolute Gasteiger partial charge is 0.465 e. The number of aryl methyl sites for hydroxylation is 1. The Balaban J connectivity index is 1.97. The van der Waals surface area contributed by atoms with Crippen LogP contribution in [0.15, 0.2) is 42.5 Å². The minimum atomic E-state index is -0.455. The first-order valence-electron chi connectivity index (χ1n) is 7.99. The van der Waals surface area contributed by atoms with Gasteiger partial charge in [0.1, 0.15) is 6.54 Å². The molecule has 3 aromatic rings. The quantitative estimate of drug-likeness (QED) is 0.711. The number of carbonyl (C=O) groups excluding carboxylic acids is 2. The summed E-state index contributed by atoms with van der Waals surface area (Å²) in [6, 6.07) is 13.3. The highest BCUT2D eigenvalue weighted by Crippen LogP contribution is 2.29. The number of ether oxygens (including phenoxy) is 1. The number of rotatable bonds is 5. The number of fused-ring (bicyclic) bond motifs is 1. The third-order valence-corrected chi connectivity index (χ3v) is 4.68. The van der Waals surface area contributed by atoms with E-state index in [0.717, 1.165) is 21.5 Å². The van der Waals surface area contributed by atoms with E-state index >= 15 is 0 Å². The molecule has 0 radical (unpaired) electrons. The lowest BCUT2D eigenvalue weighted by Crippen LogP contribution is -2.30. The molecule has 0 aliphatic heterocycles. The zero-order valence-corrected chi connectivity index (χ0v) is 14.9. The molecule has 2 aromatic heterocycles. The zero-order valence-electron chi connectivity index (χ0n) is 14.0. The third kappa shape index (κ3) is 3.85. The number of pyridine rings is 1. The van der Waals surface area contributed by atoms with Crippen molar-refractivity contribution in [1.29, 1.82) is 0 Å². The van der Waals surface area contributed by atoms with E-state index in [1.54, 1.807) is 24.3 Å². The number of aromatic nitrogens is 1. The number of amides is 1. The number of nitrogens with zero attached hydrogens (tertiary/aromatic N) is 1. The van der Waals surface area contributed by atoms with Gasteiger partial charge >= 0.3 is 5.97 Å². The molecule has 0 saturated heterocycles. The predicted octanol–water partition coefficient (Wildman–Crippen LogP) is 3.56. The van der Waals surface area contributed by atoms with Crippen LogP contribution in [0.25, 0.3) is 21.5 Å². The van der Waals surface area contributed by atoms with E-state index in [-0.39, 0.29) is 19.1 Å². The van der Waals surface area contributed by atoms with Gasteiger partial charge in [-0.15, -0.1) is 11.3 Å². The fourth-order valence-electron chi connectivity index (χ4n) is 2.52. The number of hydrogen-bond donors (Lipinski definition) is 1. The molecule has 0 aliphatic rings. The van der Waals surface area contributed by atoms with Crippen molar-refractivity contribution >= 4 is 34.1 Å². The highest BCUT2D eigenvalue weighted by Gasteiger charge is 2.15. The normalized spacial score (nSPS) is 10.6. The second-order valence-corrected chi connectivity index (χ2v) is 6.76. The Morgan fingerprint density at radius 1 is 1.20 bits per heavy atom. The number of thiophene rings is 1. The second-order valence-electron chi connectivity index (χ2n) is 5.47. The molecular weight excluding hydrogens is 336 g/mol. The predicted molar refractivity (Wildman–Crippen MR) is 98.8 cm³/mol. The molecule has 0 spiro atoms. The maximum Gasteiger partial charge on any atom is 0.325 e. The van der Waals surface area contributed by atoms with Crippen LogP contribution in [0.4, 0.5) is 0 Å². The van der Waals surface area contributed by atoms with Crippen molar-refractivity contribution in [2.75, 3.05) is 13.2 Å². The topological polar surface area (TPSA) is 68.3 Å². The van der Waals surface area contributed by atoms with Crippen molar-refractivity contribution in [3.05, 3.63) is 52.9 Å².